The van der Waals surface area contributed by atoms with E-state index in [-0.39, 0.29) is 0 Å². The van der Waals surface area contributed by atoms with Crippen LogP contribution in [0.3, 0.4) is 0 Å². The summed E-state index contributed by atoms with van der Waals surface area (Å²) in [6.07, 6.45) is 5.73. The summed E-state index contributed by atoms with van der Waals surface area (Å²) in [5.74, 6) is 1.81. The van der Waals surface area contributed by atoms with E-state index in [1.807, 2.05) is 6.20 Å². The van der Waals surface area contributed by atoms with Crippen molar-refractivity contribution in [2.45, 2.75) is 19.9 Å². The Morgan fingerprint density at radius 1 is 1.35 bits per heavy atom. The predicted molar refractivity (Wildman–Crippen MR) is 63.7 cm³/mol. The number of aromatic nitrogens is 4. The van der Waals surface area contributed by atoms with Crippen LogP contribution in [0.25, 0.3) is 0 Å². The lowest BCUT2D eigenvalue weighted by atomic mass is 10.2. The van der Waals surface area contributed by atoms with Crippen molar-refractivity contribution in [1.82, 2.24) is 19.5 Å². The largest absolute Gasteiger partial charge is 0.491 e. The van der Waals surface area contributed by atoms with Gasteiger partial charge in [0, 0.05) is 18.9 Å². The second-order valence-corrected chi connectivity index (χ2v) is 3.55. The molecule has 0 bridgehead atoms. The van der Waals surface area contributed by atoms with E-state index in [4.69, 9.17) is 10.5 Å². The fourth-order valence-corrected chi connectivity index (χ4v) is 1.72. The van der Waals surface area contributed by atoms with E-state index >= 15 is 0 Å². The van der Waals surface area contributed by atoms with Crippen molar-refractivity contribution in [1.29, 1.82) is 0 Å². The molecule has 0 spiro atoms. The molecule has 0 aliphatic heterocycles. The van der Waals surface area contributed by atoms with Crippen LogP contribution in [0.15, 0.2) is 18.7 Å². The topological polar surface area (TPSA) is 78.9 Å². The van der Waals surface area contributed by atoms with Gasteiger partial charge in [0.25, 0.3) is 0 Å². The third-order valence-corrected chi connectivity index (χ3v) is 2.58. The minimum Gasteiger partial charge on any atom is -0.491 e. The highest BCUT2D eigenvalue weighted by molar-refractivity contribution is 5.48. The highest BCUT2D eigenvalue weighted by Crippen LogP contribution is 2.23. The molecule has 2 rings (SSSR count). The number of nitrogen functional groups attached to an aromatic ring is 1. The van der Waals surface area contributed by atoms with Crippen molar-refractivity contribution in [3.8, 4) is 5.75 Å². The Bertz CT molecular complexity index is 508. The molecule has 0 aromatic carbocycles. The zero-order valence-electron chi connectivity index (χ0n) is 9.92. The first-order chi connectivity index (χ1) is 8.26. The van der Waals surface area contributed by atoms with Crippen molar-refractivity contribution in [2.24, 2.45) is 0 Å². The van der Waals surface area contributed by atoms with Gasteiger partial charge in [0.2, 0.25) is 0 Å². The predicted octanol–water partition coefficient (Wildman–Crippen LogP) is 0.875. The molecule has 0 unspecified atom stereocenters. The zero-order chi connectivity index (χ0) is 12.3. The average Bonchev–Trinajstić information content (AvgIpc) is 2.77. The van der Waals surface area contributed by atoms with Gasteiger partial charge in [-0.3, -0.25) is 0 Å². The monoisotopic (exact) mass is 233 g/mol. The Hall–Kier alpha value is -2.11. The first-order valence-corrected chi connectivity index (χ1v) is 5.39. The van der Waals surface area contributed by atoms with Crippen LogP contribution in [0, 0.1) is 0 Å². The lowest BCUT2D eigenvalue weighted by Gasteiger charge is -2.09. The van der Waals surface area contributed by atoms with Crippen molar-refractivity contribution in [3.63, 3.8) is 0 Å². The van der Waals surface area contributed by atoms with Gasteiger partial charge in [0.15, 0.2) is 11.6 Å². The summed E-state index contributed by atoms with van der Waals surface area (Å²) in [6, 6.07) is 0. The molecule has 0 fully saturated rings. The molecule has 2 N–H and O–H groups in total. The van der Waals surface area contributed by atoms with Crippen LogP contribution in [0.2, 0.25) is 0 Å². The molecule has 0 aliphatic carbocycles. The summed E-state index contributed by atoms with van der Waals surface area (Å²) >= 11 is 0. The molecule has 0 saturated heterocycles. The number of aryl methyl sites for hydroxylation is 1. The minimum absolute atomic E-state index is 0.354. The van der Waals surface area contributed by atoms with E-state index < -0.39 is 0 Å². The molecule has 2 aromatic rings. The van der Waals surface area contributed by atoms with E-state index in [2.05, 4.69) is 26.4 Å². The fraction of sp³-hybridized carbons (Fsp3) is 0.364. The minimum atomic E-state index is 0.354. The zero-order valence-corrected chi connectivity index (χ0v) is 9.92. The van der Waals surface area contributed by atoms with Crippen molar-refractivity contribution in [3.05, 3.63) is 30.2 Å². The summed E-state index contributed by atoms with van der Waals surface area (Å²) in [6.45, 7) is 2.94. The van der Waals surface area contributed by atoms with Gasteiger partial charge in [-0.15, -0.1) is 0 Å². The van der Waals surface area contributed by atoms with Crippen LogP contribution in [0.4, 0.5) is 5.82 Å². The Labute approximate surface area is 99.5 Å². The number of methoxy groups -OCH3 is 1. The Balaban J connectivity index is 2.33. The Morgan fingerprint density at radius 2 is 2.18 bits per heavy atom. The van der Waals surface area contributed by atoms with Crippen molar-refractivity contribution in [2.75, 3.05) is 12.8 Å². The second-order valence-electron chi connectivity index (χ2n) is 3.55. The smallest absolute Gasteiger partial charge is 0.183 e. The maximum atomic E-state index is 5.73. The van der Waals surface area contributed by atoms with Crippen LogP contribution < -0.4 is 10.5 Å². The number of nitrogens with zero attached hydrogens (tertiary/aromatic N) is 4. The highest BCUT2D eigenvalue weighted by atomic mass is 16.5. The van der Waals surface area contributed by atoms with Crippen LogP contribution in [0.5, 0.6) is 5.75 Å². The summed E-state index contributed by atoms with van der Waals surface area (Å²) in [5, 5.41) is 0. The molecule has 2 heterocycles. The lowest BCUT2D eigenvalue weighted by Crippen LogP contribution is -2.07. The van der Waals surface area contributed by atoms with Crippen LogP contribution >= 0.6 is 0 Å². The third-order valence-electron chi connectivity index (χ3n) is 2.58. The SMILES string of the molecule is CCn1ccnc1Cc1ncnc(N)c1OC. The Morgan fingerprint density at radius 3 is 2.88 bits per heavy atom. The number of hydrogen-bond donors (Lipinski definition) is 1. The van der Waals surface area contributed by atoms with Crippen LogP contribution in [-0.4, -0.2) is 26.6 Å². The number of ether oxygens (including phenoxy) is 1. The van der Waals surface area contributed by atoms with Crippen molar-refractivity contribution < 1.29 is 4.74 Å². The molecule has 6 nitrogen and oxygen atoms in total. The summed E-state index contributed by atoms with van der Waals surface area (Å²) in [7, 11) is 1.56. The molecule has 2 aromatic heterocycles. The standard InChI is InChI=1S/C11H15N5O/c1-3-16-5-4-13-9(16)6-8-10(17-2)11(12)15-7-14-8/h4-5,7H,3,6H2,1-2H3,(H2,12,14,15). The number of nitrogens with two attached hydrogens (primary N) is 1. The highest BCUT2D eigenvalue weighted by Gasteiger charge is 2.12. The normalized spacial score (nSPS) is 10.5. The van der Waals surface area contributed by atoms with Crippen LogP contribution in [-0.2, 0) is 13.0 Å². The van der Waals surface area contributed by atoms with Gasteiger partial charge in [-0.1, -0.05) is 0 Å². The van der Waals surface area contributed by atoms with E-state index in [1.165, 1.54) is 6.33 Å². The second kappa shape index (κ2) is 4.82. The van der Waals surface area contributed by atoms with Crippen molar-refractivity contribution >= 4 is 5.82 Å². The molecular weight excluding hydrogens is 218 g/mol. The summed E-state index contributed by atoms with van der Waals surface area (Å²) in [5.41, 5.74) is 6.48. The average molecular weight is 233 g/mol. The van der Waals surface area contributed by atoms with Gasteiger partial charge >= 0.3 is 0 Å². The maximum Gasteiger partial charge on any atom is 0.183 e. The van der Waals surface area contributed by atoms with Gasteiger partial charge in [0.1, 0.15) is 12.2 Å². The first-order valence-electron chi connectivity index (χ1n) is 5.39. The van der Waals surface area contributed by atoms with Gasteiger partial charge in [-0.25, -0.2) is 15.0 Å². The van der Waals surface area contributed by atoms with Gasteiger partial charge in [-0.05, 0) is 6.92 Å². The molecule has 0 radical (unpaired) electrons. The van der Waals surface area contributed by atoms with Gasteiger partial charge < -0.3 is 15.0 Å². The molecule has 0 atom stereocenters. The first kappa shape index (κ1) is 11.4. The number of imidazole rings is 1. The third kappa shape index (κ3) is 2.20. The molecule has 0 saturated carbocycles. The molecule has 0 aliphatic rings. The molecular formula is C11H15N5O. The maximum absolute atomic E-state index is 5.73. The Kier molecular flexibility index (Phi) is 3.22. The summed E-state index contributed by atoms with van der Waals surface area (Å²) in [4.78, 5) is 12.4. The number of rotatable bonds is 4. The number of hydrogen-bond acceptors (Lipinski definition) is 5. The van der Waals surface area contributed by atoms with Gasteiger partial charge in [0.05, 0.1) is 19.2 Å². The van der Waals surface area contributed by atoms with Crippen LogP contribution in [0.1, 0.15) is 18.4 Å². The molecule has 17 heavy (non-hydrogen) atoms. The summed E-state index contributed by atoms with van der Waals surface area (Å²) < 4.78 is 7.26. The molecule has 90 valence electrons. The quantitative estimate of drug-likeness (QED) is 0.847. The number of anilines is 1. The van der Waals surface area contributed by atoms with E-state index in [9.17, 15) is 0 Å². The molecule has 0 amide bonds. The van der Waals surface area contributed by atoms with E-state index in [0.29, 0.717) is 18.0 Å². The van der Waals surface area contributed by atoms with E-state index in [1.54, 1.807) is 13.3 Å². The lowest BCUT2D eigenvalue weighted by molar-refractivity contribution is 0.407. The fourth-order valence-electron chi connectivity index (χ4n) is 1.72. The molecule has 6 heteroatoms. The van der Waals surface area contributed by atoms with Gasteiger partial charge in [-0.2, -0.15) is 0 Å². The van der Waals surface area contributed by atoms with E-state index in [0.717, 1.165) is 18.1 Å².